The molecule has 0 spiro atoms. The predicted octanol–water partition coefficient (Wildman–Crippen LogP) is 5.37. The maximum absolute atomic E-state index is 13.5. The first-order valence-corrected chi connectivity index (χ1v) is 12.8. The maximum Gasteiger partial charge on any atom is 0.300 e. The van der Waals surface area contributed by atoms with E-state index in [1.165, 1.54) is 37.7 Å². The number of aliphatic hydroxyl groups excluding tert-OH is 1. The number of ether oxygens (including phenoxy) is 2. The average molecular weight is 534 g/mol. The Balaban J connectivity index is 1.64. The van der Waals surface area contributed by atoms with E-state index in [0.29, 0.717) is 11.4 Å². The second-order valence-corrected chi connectivity index (χ2v) is 9.58. The number of amides is 1. The van der Waals surface area contributed by atoms with Gasteiger partial charge in [-0.3, -0.25) is 19.5 Å². The molecule has 38 heavy (non-hydrogen) atoms. The van der Waals surface area contributed by atoms with Gasteiger partial charge in [-0.05, 0) is 61.7 Å². The molecule has 8 nitrogen and oxygen atoms in total. The molecule has 9 heteroatoms. The van der Waals surface area contributed by atoms with Gasteiger partial charge in [-0.25, -0.2) is 0 Å². The Morgan fingerprint density at radius 2 is 1.63 bits per heavy atom. The van der Waals surface area contributed by atoms with Crippen LogP contribution in [0.25, 0.3) is 5.76 Å². The number of anilines is 2. The predicted molar refractivity (Wildman–Crippen MR) is 146 cm³/mol. The zero-order chi connectivity index (χ0) is 26.8. The van der Waals surface area contributed by atoms with Gasteiger partial charge in [0.2, 0.25) is 0 Å². The van der Waals surface area contributed by atoms with Crippen molar-refractivity contribution in [2.24, 2.45) is 0 Å². The molecule has 5 rings (SSSR count). The molecule has 2 saturated heterocycles. The molecule has 0 bridgehead atoms. The number of carbonyl (C=O) groups is 2. The first-order valence-electron chi connectivity index (χ1n) is 12.4. The van der Waals surface area contributed by atoms with Crippen molar-refractivity contribution < 1.29 is 24.2 Å². The van der Waals surface area contributed by atoms with Gasteiger partial charge in [-0.2, -0.15) is 0 Å². The molecule has 0 aliphatic carbocycles. The summed E-state index contributed by atoms with van der Waals surface area (Å²) in [5, 5.41) is 11.8. The lowest BCUT2D eigenvalue weighted by Gasteiger charge is -2.30. The van der Waals surface area contributed by atoms with Crippen molar-refractivity contribution in [1.29, 1.82) is 0 Å². The lowest BCUT2D eigenvalue weighted by atomic mass is 9.97. The van der Waals surface area contributed by atoms with Crippen molar-refractivity contribution in [3.05, 3.63) is 82.6 Å². The third-order valence-corrected chi connectivity index (χ3v) is 7.29. The van der Waals surface area contributed by atoms with E-state index in [0.717, 1.165) is 31.6 Å². The fourth-order valence-electron chi connectivity index (χ4n) is 5.08. The van der Waals surface area contributed by atoms with E-state index in [1.807, 2.05) is 24.3 Å². The number of piperidine rings is 1. The van der Waals surface area contributed by atoms with Crippen molar-refractivity contribution in [1.82, 2.24) is 4.98 Å². The molecule has 2 aromatic carbocycles. The standard InChI is InChI=1S/C29H28ClN3O5/c1-37-23-17-21(30)24(38-2)16-20(23)27(34)25-26(22-8-4-5-13-31-22)33(29(36)28(25)35)19-11-9-18(10-12-19)32-14-6-3-7-15-32/h4-5,8-13,16-17,26,34H,3,6-7,14-15H2,1-2H3/b27-25+. The number of rotatable bonds is 6. The molecule has 0 saturated carbocycles. The number of methoxy groups -OCH3 is 2. The van der Waals surface area contributed by atoms with Crippen LogP contribution in [-0.4, -0.2) is 49.1 Å². The van der Waals surface area contributed by atoms with Gasteiger partial charge in [0.25, 0.3) is 11.7 Å². The fourth-order valence-corrected chi connectivity index (χ4v) is 5.31. The number of pyridine rings is 1. The molecule has 3 heterocycles. The number of nitrogens with zero attached hydrogens (tertiary/aromatic N) is 3. The van der Waals surface area contributed by atoms with Crippen LogP contribution in [0.2, 0.25) is 5.02 Å². The molecular formula is C29H28ClN3O5. The molecule has 1 unspecified atom stereocenters. The monoisotopic (exact) mass is 533 g/mol. The Bertz CT molecular complexity index is 1390. The van der Waals surface area contributed by atoms with E-state index < -0.39 is 23.5 Å². The van der Waals surface area contributed by atoms with Gasteiger partial charge in [0.1, 0.15) is 23.3 Å². The number of Topliss-reactive ketones (excluding diaryl/α,β-unsaturated/α-hetero) is 1. The minimum absolute atomic E-state index is 0.100. The molecule has 1 amide bonds. The quantitative estimate of drug-likeness (QED) is 0.259. The Labute approximate surface area is 226 Å². The summed E-state index contributed by atoms with van der Waals surface area (Å²) in [5.41, 5.74) is 2.11. The number of hydrogen-bond acceptors (Lipinski definition) is 7. The van der Waals surface area contributed by atoms with Crippen molar-refractivity contribution in [3.63, 3.8) is 0 Å². The van der Waals surface area contributed by atoms with Crippen LogP contribution in [0, 0.1) is 0 Å². The van der Waals surface area contributed by atoms with Crippen LogP contribution in [0.4, 0.5) is 11.4 Å². The second-order valence-electron chi connectivity index (χ2n) is 9.17. The summed E-state index contributed by atoms with van der Waals surface area (Å²) in [6.07, 6.45) is 5.11. The van der Waals surface area contributed by atoms with Gasteiger partial charge in [-0.15, -0.1) is 0 Å². The van der Waals surface area contributed by atoms with E-state index in [-0.39, 0.29) is 27.7 Å². The highest BCUT2D eigenvalue weighted by Crippen LogP contribution is 2.44. The Hall–Kier alpha value is -4.04. The van der Waals surface area contributed by atoms with Crippen molar-refractivity contribution in [2.75, 3.05) is 37.1 Å². The number of halogens is 1. The van der Waals surface area contributed by atoms with Crippen LogP contribution in [0.15, 0.2) is 66.4 Å². The van der Waals surface area contributed by atoms with Crippen molar-refractivity contribution in [3.8, 4) is 11.5 Å². The lowest BCUT2D eigenvalue weighted by molar-refractivity contribution is -0.132. The second kappa shape index (κ2) is 10.8. The molecule has 2 aliphatic heterocycles. The first-order chi connectivity index (χ1) is 18.4. The first kappa shape index (κ1) is 25.6. The van der Waals surface area contributed by atoms with Crippen LogP contribution >= 0.6 is 11.6 Å². The summed E-state index contributed by atoms with van der Waals surface area (Å²) in [5.74, 6) is -1.48. The molecule has 2 fully saturated rings. The van der Waals surface area contributed by atoms with Gasteiger partial charge >= 0.3 is 0 Å². The van der Waals surface area contributed by atoms with Gasteiger partial charge in [-0.1, -0.05) is 17.7 Å². The number of ketones is 1. The molecule has 196 valence electrons. The Morgan fingerprint density at radius 3 is 2.26 bits per heavy atom. The largest absolute Gasteiger partial charge is 0.507 e. The van der Waals surface area contributed by atoms with E-state index in [9.17, 15) is 14.7 Å². The van der Waals surface area contributed by atoms with Crippen molar-refractivity contribution in [2.45, 2.75) is 25.3 Å². The highest BCUT2D eigenvalue weighted by Gasteiger charge is 2.48. The van der Waals surface area contributed by atoms with Crippen LogP contribution in [-0.2, 0) is 9.59 Å². The SMILES string of the molecule is COc1cc(/C(O)=C2\C(=O)C(=O)N(c3ccc(N4CCCCC4)cc3)C2c2ccccn2)c(OC)cc1Cl. The molecule has 0 radical (unpaired) electrons. The molecule has 1 N–H and O–H groups in total. The number of aromatic nitrogens is 1. The molecule has 3 aromatic rings. The van der Waals surface area contributed by atoms with Gasteiger partial charge in [0.15, 0.2) is 0 Å². The molecule has 2 aliphatic rings. The Kier molecular flexibility index (Phi) is 7.24. The number of aliphatic hydroxyl groups is 1. The fraction of sp³-hybridized carbons (Fsp3) is 0.276. The molecule has 1 aromatic heterocycles. The minimum atomic E-state index is -0.955. The maximum atomic E-state index is 13.5. The lowest BCUT2D eigenvalue weighted by Crippen LogP contribution is -2.31. The van der Waals surface area contributed by atoms with Crippen LogP contribution in [0.1, 0.15) is 36.6 Å². The number of benzene rings is 2. The van der Waals surface area contributed by atoms with E-state index in [1.54, 1.807) is 24.4 Å². The van der Waals surface area contributed by atoms with Crippen molar-refractivity contribution >= 4 is 40.4 Å². The third kappa shape index (κ3) is 4.56. The highest BCUT2D eigenvalue weighted by molar-refractivity contribution is 6.51. The minimum Gasteiger partial charge on any atom is -0.507 e. The topological polar surface area (TPSA) is 92.2 Å². The van der Waals surface area contributed by atoms with Crippen LogP contribution < -0.4 is 19.3 Å². The molecule has 1 atom stereocenters. The van der Waals surface area contributed by atoms with E-state index in [2.05, 4.69) is 9.88 Å². The molecular weight excluding hydrogens is 506 g/mol. The summed E-state index contributed by atoms with van der Waals surface area (Å²) in [4.78, 5) is 35.1. The number of hydrogen-bond donors (Lipinski definition) is 1. The summed E-state index contributed by atoms with van der Waals surface area (Å²) in [7, 11) is 2.87. The smallest absolute Gasteiger partial charge is 0.300 e. The third-order valence-electron chi connectivity index (χ3n) is 6.99. The zero-order valence-electron chi connectivity index (χ0n) is 21.2. The Morgan fingerprint density at radius 1 is 0.947 bits per heavy atom. The van der Waals surface area contributed by atoms with Crippen LogP contribution in [0.5, 0.6) is 11.5 Å². The normalized spacial score (nSPS) is 19.1. The van der Waals surface area contributed by atoms with Gasteiger partial charge in [0, 0.05) is 36.7 Å². The summed E-state index contributed by atoms with van der Waals surface area (Å²) in [6, 6.07) is 14.8. The van der Waals surface area contributed by atoms with Crippen LogP contribution in [0.3, 0.4) is 0 Å². The summed E-state index contributed by atoms with van der Waals surface area (Å²) < 4.78 is 10.7. The van der Waals surface area contributed by atoms with E-state index in [4.69, 9.17) is 21.1 Å². The summed E-state index contributed by atoms with van der Waals surface area (Å²) in [6.45, 7) is 1.98. The van der Waals surface area contributed by atoms with E-state index >= 15 is 0 Å². The van der Waals surface area contributed by atoms with Gasteiger partial charge < -0.3 is 19.5 Å². The zero-order valence-corrected chi connectivity index (χ0v) is 21.9. The summed E-state index contributed by atoms with van der Waals surface area (Å²) >= 11 is 6.25. The number of carbonyl (C=O) groups excluding carboxylic acids is 2. The van der Waals surface area contributed by atoms with Gasteiger partial charge in [0.05, 0.1) is 36.1 Å². The average Bonchev–Trinajstić information content (AvgIpc) is 3.23. The highest BCUT2D eigenvalue weighted by atomic mass is 35.5.